The second-order valence-corrected chi connectivity index (χ2v) is 7.10. The Morgan fingerprint density at radius 2 is 1.31 bits per heavy atom. The fourth-order valence-electron chi connectivity index (χ4n) is 2.64. The number of nitrogens with zero attached hydrogens (tertiary/aromatic N) is 1. The van der Waals surface area contributed by atoms with Crippen molar-refractivity contribution in [3.05, 3.63) is 0 Å². The zero-order valence-corrected chi connectivity index (χ0v) is 18.2. The van der Waals surface area contributed by atoms with Crippen molar-refractivity contribution < 1.29 is 18.9 Å². The van der Waals surface area contributed by atoms with E-state index in [9.17, 15) is 0 Å². The lowest BCUT2D eigenvalue weighted by Crippen LogP contribution is -2.22. The van der Waals surface area contributed by atoms with E-state index in [2.05, 4.69) is 29.8 Å². The number of unbranched alkanes of at least 4 members (excludes halogenated alkanes) is 3. The highest BCUT2D eigenvalue weighted by Gasteiger charge is 2.13. The number of halogens is 1. The number of hydrogen-bond acceptors (Lipinski definition) is 5. The number of alkyl halides is 1. The standard InChI is InChI=1S/C12H17NO2.C11H17ClO2/c13-9-5-2-1-3-6-10-14-12-8-4-7-11-15-12;12-8-4-1-2-5-9-13-11-7-3-6-10-14-11/h12H,1-2,4-5,7-8,10-11H2;11H,1,3-4,6-10H2. The summed E-state index contributed by atoms with van der Waals surface area (Å²) >= 11 is 5.52. The maximum atomic E-state index is 8.30. The van der Waals surface area contributed by atoms with E-state index in [1.165, 1.54) is 12.8 Å². The average molecular weight is 424 g/mol. The summed E-state index contributed by atoms with van der Waals surface area (Å²) in [5, 5.41) is 8.30. The molecule has 2 heterocycles. The van der Waals surface area contributed by atoms with Crippen LogP contribution in [0.2, 0.25) is 0 Å². The Morgan fingerprint density at radius 3 is 1.76 bits per heavy atom. The van der Waals surface area contributed by atoms with Crippen LogP contribution in [0.1, 0.15) is 70.6 Å². The van der Waals surface area contributed by atoms with Gasteiger partial charge in [-0.2, -0.15) is 5.26 Å². The summed E-state index contributed by atoms with van der Waals surface area (Å²) in [7, 11) is 0. The van der Waals surface area contributed by atoms with E-state index in [1.807, 2.05) is 0 Å². The Labute approximate surface area is 181 Å². The predicted octanol–water partition coefficient (Wildman–Crippen LogP) is 4.78. The molecule has 2 saturated heterocycles. The number of nitriles is 1. The third-order valence-electron chi connectivity index (χ3n) is 4.23. The van der Waals surface area contributed by atoms with Crippen LogP contribution in [0.5, 0.6) is 0 Å². The molecule has 29 heavy (non-hydrogen) atoms. The SMILES string of the molecule is ClCCCC#CCOC1CCCCO1.N#CCCCC#CCOC1CCCCO1. The van der Waals surface area contributed by atoms with Gasteiger partial charge in [0, 0.05) is 38.4 Å². The second kappa shape index (κ2) is 20.0. The molecule has 0 bridgehead atoms. The second-order valence-electron chi connectivity index (χ2n) is 6.73. The highest BCUT2D eigenvalue weighted by atomic mass is 35.5. The topological polar surface area (TPSA) is 60.7 Å². The molecule has 2 unspecified atom stereocenters. The molecule has 2 atom stereocenters. The molecule has 0 amide bonds. The van der Waals surface area contributed by atoms with Crippen LogP contribution in [0.25, 0.3) is 0 Å². The molecule has 162 valence electrons. The van der Waals surface area contributed by atoms with Gasteiger partial charge in [0.2, 0.25) is 0 Å². The molecule has 6 heteroatoms. The minimum absolute atomic E-state index is 0.0222. The van der Waals surface area contributed by atoms with Gasteiger partial charge in [-0.05, 0) is 51.4 Å². The van der Waals surface area contributed by atoms with Crippen LogP contribution in [0.15, 0.2) is 0 Å². The molecule has 0 saturated carbocycles. The first kappa shape index (κ1) is 25.8. The molecule has 0 N–H and O–H groups in total. The summed E-state index contributed by atoms with van der Waals surface area (Å²) in [4.78, 5) is 0. The summed E-state index contributed by atoms with van der Waals surface area (Å²) in [6.45, 7) is 2.55. The number of ether oxygens (including phenoxy) is 4. The monoisotopic (exact) mass is 423 g/mol. The summed E-state index contributed by atoms with van der Waals surface area (Å²) in [6, 6.07) is 2.09. The van der Waals surface area contributed by atoms with Gasteiger partial charge in [0.1, 0.15) is 13.2 Å². The van der Waals surface area contributed by atoms with E-state index >= 15 is 0 Å². The largest absolute Gasteiger partial charge is 0.353 e. The maximum Gasteiger partial charge on any atom is 0.158 e. The van der Waals surface area contributed by atoms with Gasteiger partial charge < -0.3 is 18.9 Å². The maximum absolute atomic E-state index is 8.30. The van der Waals surface area contributed by atoms with E-state index in [0.29, 0.717) is 25.5 Å². The fourth-order valence-corrected chi connectivity index (χ4v) is 2.78. The van der Waals surface area contributed by atoms with Crippen LogP contribution in [-0.2, 0) is 18.9 Å². The minimum Gasteiger partial charge on any atom is -0.353 e. The average Bonchev–Trinajstić information content (AvgIpc) is 2.77. The lowest BCUT2D eigenvalue weighted by atomic mass is 10.2. The van der Waals surface area contributed by atoms with Crippen molar-refractivity contribution in [1.29, 1.82) is 5.26 Å². The zero-order valence-electron chi connectivity index (χ0n) is 17.4. The molecule has 2 aliphatic rings. The molecule has 0 aromatic rings. The van der Waals surface area contributed by atoms with Gasteiger partial charge in [-0.3, -0.25) is 0 Å². The predicted molar refractivity (Wildman–Crippen MR) is 114 cm³/mol. The summed E-state index contributed by atoms with van der Waals surface area (Å²) in [6.07, 6.45) is 10.6. The molecule has 0 radical (unpaired) electrons. The number of hydrogen-bond donors (Lipinski definition) is 0. The van der Waals surface area contributed by atoms with Gasteiger partial charge >= 0.3 is 0 Å². The smallest absolute Gasteiger partial charge is 0.158 e. The van der Waals surface area contributed by atoms with Crippen LogP contribution in [0, 0.1) is 35.0 Å². The van der Waals surface area contributed by atoms with Crippen molar-refractivity contribution in [2.45, 2.75) is 83.2 Å². The molecule has 0 spiro atoms. The molecular weight excluding hydrogens is 390 g/mol. The van der Waals surface area contributed by atoms with Crippen LogP contribution in [-0.4, -0.2) is 44.9 Å². The van der Waals surface area contributed by atoms with Crippen LogP contribution < -0.4 is 0 Å². The van der Waals surface area contributed by atoms with E-state index in [0.717, 1.165) is 64.6 Å². The Hall–Kier alpha value is -1.26. The summed E-state index contributed by atoms with van der Waals surface area (Å²) < 4.78 is 21.6. The van der Waals surface area contributed by atoms with E-state index in [-0.39, 0.29) is 12.6 Å². The van der Waals surface area contributed by atoms with Crippen molar-refractivity contribution >= 4 is 11.6 Å². The quantitative estimate of drug-likeness (QED) is 0.319. The van der Waals surface area contributed by atoms with Gasteiger partial charge in [0.05, 0.1) is 6.07 Å². The minimum atomic E-state index is -0.0489. The first-order chi connectivity index (χ1) is 14.4. The van der Waals surface area contributed by atoms with Crippen LogP contribution in [0.4, 0.5) is 0 Å². The van der Waals surface area contributed by atoms with Gasteiger partial charge in [0.15, 0.2) is 12.6 Å². The normalized spacial score (nSPS) is 20.7. The van der Waals surface area contributed by atoms with Crippen molar-refractivity contribution in [2.75, 3.05) is 32.3 Å². The highest BCUT2D eigenvalue weighted by Crippen LogP contribution is 2.13. The highest BCUT2D eigenvalue weighted by molar-refractivity contribution is 6.17. The molecule has 2 fully saturated rings. The molecular formula is C23H34ClNO4. The molecule has 2 rings (SSSR count). The fraction of sp³-hybridized carbons (Fsp3) is 0.783. The first-order valence-electron chi connectivity index (χ1n) is 10.7. The van der Waals surface area contributed by atoms with Gasteiger partial charge in [0.25, 0.3) is 0 Å². The van der Waals surface area contributed by atoms with Crippen molar-refractivity contribution in [1.82, 2.24) is 0 Å². The lowest BCUT2D eigenvalue weighted by Gasteiger charge is -2.21. The van der Waals surface area contributed by atoms with Crippen LogP contribution >= 0.6 is 11.6 Å². The van der Waals surface area contributed by atoms with Gasteiger partial charge in [-0.1, -0.05) is 11.8 Å². The molecule has 0 aromatic carbocycles. The summed E-state index contributed by atoms with van der Waals surface area (Å²) in [5.74, 6) is 12.6. The Morgan fingerprint density at radius 1 is 0.759 bits per heavy atom. The van der Waals surface area contributed by atoms with Crippen molar-refractivity contribution in [2.24, 2.45) is 0 Å². The third kappa shape index (κ3) is 16.2. The molecule has 0 aliphatic carbocycles. The molecule has 0 aromatic heterocycles. The van der Waals surface area contributed by atoms with Gasteiger partial charge in [-0.25, -0.2) is 0 Å². The third-order valence-corrected chi connectivity index (χ3v) is 4.50. The lowest BCUT2D eigenvalue weighted by molar-refractivity contribution is -0.154. The first-order valence-corrected chi connectivity index (χ1v) is 11.2. The van der Waals surface area contributed by atoms with E-state index in [1.54, 1.807) is 0 Å². The number of rotatable bonds is 8. The van der Waals surface area contributed by atoms with E-state index < -0.39 is 0 Å². The molecule has 5 nitrogen and oxygen atoms in total. The van der Waals surface area contributed by atoms with Crippen LogP contribution in [0.3, 0.4) is 0 Å². The zero-order chi connectivity index (χ0) is 20.8. The Balaban J connectivity index is 0.000000291. The Kier molecular flexibility index (Phi) is 17.8. The van der Waals surface area contributed by atoms with E-state index in [4.69, 9.17) is 35.8 Å². The Bertz CT molecular complexity index is 543. The molecule has 2 aliphatic heterocycles. The summed E-state index contributed by atoms with van der Waals surface area (Å²) in [5.41, 5.74) is 0. The van der Waals surface area contributed by atoms with Gasteiger partial charge in [-0.15, -0.1) is 23.4 Å². The van der Waals surface area contributed by atoms with Crippen molar-refractivity contribution in [3.63, 3.8) is 0 Å². The van der Waals surface area contributed by atoms with Crippen molar-refractivity contribution in [3.8, 4) is 29.8 Å².